The molecule has 0 bridgehead atoms. The number of nitrogens with zero attached hydrogens (tertiary/aromatic N) is 5. The van der Waals surface area contributed by atoms with E-state index in [1.165, 1.54) is 15.4 Å². The molecule has 0 radical (unpaired) electrons. The van der Waals surface area contributed by atoms with E-state index in [1.54, 1.807) is 27.4 Å². The number of rotatable bonds is 7. The number of aryl methyl sites for hydroxylation is 1. The van der Waals surface area contributed by atoms with Gasteiger partial charge in [0.1, 0.15) is 0 Å². The van der Waals surface area contributed by atoms with Crippen LogP contribution in [0.1, 0.15) is 37.4 Å². The monoisotopic (exact) mass is 445 g/mol. The van der Waals surface area contributed by atoms with Crippen LogP contribution in [0.3, 0.4) is 0 Å². The molecule has 0 saturated carbocycles. The van der Waals surface area contributed by atoms with Crippen LogP contribution in [0.2, 0.25) is 0 Å². The molecule has 0 aliphatic heterocycles. The predicted molar refractivity (Wildman–Crippen MR) is 119 cm³/mol. The standard InChI is InChI=1S/C21H27N5O2S2/c1-4-24(5-2)30(27,28)17-11-13-20-22-26(21(29)25(20)14-17)15-23(3)19-12-10-16-8-6-7-9-18(16)19/h6-9,11,13-14,19H,4-5,10,12,15H2,1-3H3. The summed E-state index contributed by atoms with van der Waals surface area (Å²) >= 11 is 5.63. The molecule has 30 heavy (non-hydrogen) atoms. The van der Waals surface area contributed by atoms with Crippen LogP contribution in [-0.4, -0.2) is 51.9 Å². The van der Waals surface area contributed by atoms with Crippen LogP contribution < -0.4 is 0 Å². The minimum absolute atomic E-state index is 0.229. The van der Waals surface area contributed by atoms with E-state index in [-0.39, 0.29) is 4.90 Å². The maximum absolute atomic E-state index is 12.9. The minimum atomic E-state index is -3.55. The molecule has 3 aromatic rings. The summed E-state index contributed by atoms with van der Waals surface area (Å²) in [5, 5.41) is 4.61. The van der Waals surface area contributed by atoms with Crippen LogP contribution in [0.25, 0.3) is 5.65 Å². The van der Waals surface area contributed by atoms with Crippen molar-refractivity contribution in [3.8, 4) is 0 Å². The zero-order valence-corrected chi connectivity index (χ0v) is 19.2. The summed E-state index contributed by atoms with van der Waals surface area (Å²) in [6.07, 6.45) is 3.73. The van der Waals surface area contributed by atoms with E-state index in [1.807, 2.05) is 13.8 Å². The van der Waals surface area contributed by atoms with Crippen LogP contribution in [0, 0.1) is 4.77 Å². The van der Waals surface area contributed by atoms with Crippen LogP contribution in [0.5, 0.6) is 0 Å². The summed E-state index contributed by atoms with van der Waals surface area (Å²) in [6, 6.07) is 12.2. The van der Waals surface area contributed by atoms with Gasteiger partial charge in [-0.25, -0.2) is 13.1 Å². The Balaban J connectivity index is 1.64. The largest absolute Gasteiger partial charge is 0.280 e. The first-order valence-corrected chi connectivity index (χ1v) is 12.1. The highest BCUT2D eigenvalue weighted by molar-refractivity contribution is 7.89. The minimum Gasteiger partial charge on any atom is -0.280 e. The number of hydrogen-bond acceptors (Lipinski definition) is 5. The Morgan fingerprint density at radius 3 is 2.63 bits per heavy atom. The summed E-state index contributed by atoms with van der Waals surface area (Å²) in [6.45, 7) is 5.06. The van der Waals surface area contributed by atoms with Gasteiger partial charge in [0, 0.05) is 25.3 Å². The van der Waals surface area contributed by atoms with E-state index in [9.17, 15) is 8.42 Å². The van der Waals surface area contributed by atoms with Crippen molar-refractivity contribution in [2.45, 2.75) is 44.3 Å². The third-order valence-corrected chi connectivity index (χ3v) is 8.32. The molecular formula is C21H27N5O2S2. The summed E-state index contributed by atoms with van der Waals surface area (Å²) in [5.74, 6) is 0. The average Bonchev–Trinajstić information content (AvgIpc) is 3.30. The van der Waals surface area contributed by atoms with Crippen molar-refractivity contribution in [3.05, 3.63) is 58.5 Å². The van der Waals surface area contributed by atoms with E-state index < -0.39 is 10.0 Å². The summed E-state index contributed by atoms with van der Waals surface area (Å²) in [4.78, 5) is 2.48. The molecule has 1 aliphatic rings. The van der Waals surface area contributed by atoms with Crippen molar-refractivity contribution >= 4 is 27.9 Å². The highest BCUT2D eigenvalue weighted by atomic mass is 32.2. The Morgan fingerprint density at radius 1 is 1.17 bits per heavy atom. The fraction of sp³-hybridized carbons (Fsp3) is 0.429. The first-order chi connectivity index (χ1) is 14.4. The van der Waals surface area contributed by atoms with Gasteiger partial charge in [-0.3, -0.25) is 9.30 Å². The van der Waals surface area contributed by atoms with Crippen molar-refractivity contribution in [3.63, 3.8) is 0 Å². The highest BCUT2D eigenvalue weighted by Crippen LogP contribution is 2.35. The van der Waals surface area contributed by atoms with Gasteiger partial charge in [-0.2, -0.15) is 9.40 Å². The lowest BCUT2D eigenvalue weighted by atomic mass is 10.1. The van der Waals surface area contributed by atoms with E-state index in [0.29, 0.717) is 36.2 Å². The third-order valence-electron chi connectivity index (χ3n) is 5.88. The second-order valence-electron chi connectivity index (χ2n) is 7.62. The van der Waals surface area contributed by atoms with Gasteiger partial charge in [0.05, 0.1) is 11.6 Å². The molecule has 1 aromatic carbocycles. The summed E-state index contributed by atoms with van der Waals surface area (Å²) in [7, 11) is -1.47. The molecule has 160 valence electrons. The molecule has 4 rings (SSSR count). The summed E-state index contributed by atoms with van der Waals surface area (Å²) < 4.78 is 31.1. The second-order valence-corrected chi connectivity index (χ2v) is 9.92. The third kappa shape index (κ3) is 3.60. The number of sulfonamides is 1. The fourth-order valence-corrected chi connectivity index (χ4v) is 5.96. The Bertz CT molecular complexity index is 1230. The van der Waals surface area contributed by atoms with Crippen LogP contribution in [-0.2, 0) is 23.1 Å². The van der Waals surface area contributed by atoms with E-state index in [0.717, 1.165) is 12.8 Å². The molecule has 0 fully saturated rings. The SMILES string of the molecule is CCN(CC)S(=O)(=O)c1ccc2nn(CN(C)C3CCc4ccccc43)c(=S)n2c1. The quantitative estimate of drug-likeness (QED) is 0.521. The average molecular weight is 446 g/mol. The highest BCUT2D eigenvalue weighted by Gasteiger charge is 2.26. The molecule has 1 unspecified atom stereocenters. The van der Waals surface area contributed by atoms with Crippen LogP contribution in [0.4, 0.5) is 0 Å². The smallest absolute Gasteiger partial charge is 0.244 e. The number of pyridine rings is 1. The molecule has 0 saturated heterocycles. The van der Waals surface area contributed by atoms with Gasteiger partial charge < -0.3 is 0 Å². The molecule has 0 spiro atoms. The second kappa shape index (κ2) is 8.22. The lowest BCUT2D eigenvalue weighted by molar-refractivity contribution is 0.182. The zero-order chi connectivity index (χ0) is 21.5. The van der Waals surface area contributed by atoms with Crippen molar-refractivity contribution < 1.29 is 8.42 Å². The van der Waals surface area contributed by atoms with Crippen LogP contribution >= 0.6 is 12.2 Å². The fourth-order valence-electron chi connectivity index (χ4n) is 4.26. The van der Waals surface area contributed by atoms with Gasteiger partial charge in [-0.15, -0.1) is 0 Å². The molecule has 2 heterocycles. The van der Waals surface area contributed by atoms with Gasteiger partial charge in [-0.1, -0.05) is 38.1 Å². The lowest BCUT2D eigenvalue weighted by Crippen LogP contribution is -2.30. The number of benzene rings is 1. The maximum atomic E-state index is 12.9. The van der Waals surface area contributed by atoms with Crippen molar-refractivity contribution in [1.82, 2.24) is 23.4 Å². The molecule has 1 aliphatic carbocycles. The molecule has 9 heteroatoms. The van der Waals surface area contributed by atoms with E-state index >= 15 is 0 Å². The first kappa shape index (κ1) is 21.2. The van der Waals surface area contributed by atoms with Crippen molar-refractivity contribution in [2.75, 3.05) is 20.1 Å². The normalized spacial score (nSPS) is 16.6. The molecule has 2 aromatic heterocycles. The molecular weight excluding hydrogens is 418 g/mol. The topological polar surface area (TPSA) is 62.9 Å². The Morgan fingerprint density at radius 2 is 1.90 bits per heavy atom. The first-order valence-electron chi connectivity index (χ1n) is 10.2. The predicted octanol–water partition coefficient (Wildman–Crippen LogP) is 3.47. The van der Waals surface area contributed by atoms with Gasteiger partial charge in [0.15, 0.2) is 5.65 Å². The van der Waals surface area contributed by atoms with Crippen molar-refractivity contribution in [1.29, 1.82) is 0 Å². The van der Waals surface area contributed by atoms with Crippen molar-refractivity contribution in [2.24, 2.45) is 0 Å². The van der Waals surface area contributed by atoms with Gasteiger partial charge in [0.25, 0.3) is 0 Å². The summed E-state index contributed by atoms with van der Waals surface area (Å²) in [5.41, 5.74) is 3.40. The van der Waals surface area contributed by atoms with Crippen LogP contribution in [0.15, 0.2) is 47.5 Å². The van der Waals surface area contributed by atoms with Gasteiger partial charge in [0.2, 0.25) is 14.8 Å². The van der Waals surface area contributed by atoms with Gasteiger partial charge >= 0.3 is 0 Å². The lowest BCUT2D eigenvalue weighted by Gasteiger charge is -2.24. The van der Waals surface area contributed by atoms with E-state index in [2.05, 4.69) is 41.3 Å². The molecule has 0 amide bonds. The molecule has 7 nitrogen and oxygen atoms in total. The molecule has 1 atom stereocenters. The number of fused-ring (bicyclic) bond motifs is 2. The molecule has 0 N–H and O–H groups in total. The van der Waals surface area contributed by atoms with Gasteiger partial charge in [-0.05, 0) is 55.4 Å². The van der Waals surface area contributed by atoms with E-state index in [4.69, 9.17) is 12.2 Å². The zero-order valence-electron chi connectivity index (χ0n) is 17.5. The number of hydrogen-bond donors (Lipinski definition) is 0. The Kier molecular flexibility index (Phi) is 5.80. The Hall–Kier alpha value is -2.07. The number of aromatic nitrogens is 3. The maximum Gasteiger partial charge on any atom is 0.244 e. The Labute approximate surface area is 182 Å².